The Hall–Kier alpha value is -1.62. The zero-order valence-electron chi connectivity index (χ0n) is 10.4. The van der Waals surface area contributed by atoms with Gasteiger partial charge in [0, 0.05) is 12.1 Å². The molecule has 2 rings (SSSR count). The van der Waals surface area contributed by atoms with Crippen LogP contribution in [-0.2, 0) is 0 Å². The first-order chi connectivity index (χ1) is 8.56. The van der Waals surface area contributed by atoms with Gasteiger partial charge in [0.15, 0.2) is 0 Å². The lowest BCUT2D eigenvalue weighted by molar-refractivity contribution is -0.384. The van der Waals surface area contributed by atoms with Crippen LogP contribution in [0.5, 0.6) is 0 Å². The Bertz CT molecular complexity index is 440. The van der Waals surface area contributed by atoms with E-state index in [-0.39, 0.29) is 22.8 Å². The summed E-state index contributed by atoms with van der Waals surface area (Å²) in [6.07, 6.45) is 3.02. The topological polar surface area (TPSA) is 75.4 Å². The van der Waals surface area contributed by atoms with E-state index in [0.29, 0.717) is 5.69 Å². The first kappa shape index (κ1) is 12.8. The van der Waals surface area contributed by atoms with Crippen LogP contribution in [0.1, 0.15) is 31.2 Å². The number of nitrogens with zero attached hydrogens (tertiary/aromatic N) is 1. The van der Waals surface area contributed by atoms with Gasteiger partial charge in [-0.3, -0.25) is 10.1 Å². The van der Waals surface area contributed by atoms with E-state index < -0.39 is 0 Å². The molecule has 2 N–H and O–H groups in total. The van der Waals surface area contributed by atoms with Crippen molar-refractivity contribution in [2.75, 3.05) is 5.32 Å². The number of hydrogen-bond acceptors (Lipinski definition) is 4. The molecule has 0 radical (unpaired) electrons. The van der Waals surface area contributed by atoms with E-state index in [2.05, 4.69) is 5.32 Å². The second-order valence-electron chi connectivity index (χ2n) is 4.93. The molecule has 1 fully saturated rings. The van der Waals surface area contributed by atoms with Gasteiger partial charge in [0.2, 0.25) is 0 Å². The molecule has 1 aromatic rings. The Morgan fingerprint density at radius 1 is 1.33 bits per heavy atom. The van der Waals surface area contributed by atoms with Crippen molar-refractivity contribution in [3.63, 3.8) is 0 Å². The fourth-order valence-electron chi connectivity index (χ4n) is 2.36. The highest BCUT2D eigenvalue weighted by molar-refractivity contribution is 5.63. The summed E-state index contributed by atoms with van der Waals surface area (Å²) < 4.78 is 0. The molecule has 0 aromatic heterocycles. The number of benzene rings is 1. The minimum atomic E-state index is -0.362. The predicted molar refractivity (Wildman–Crippen MR) is 69.7 cm³/mol. The Morgan fingerprint density at radius 2 is 2.00 bits per heavy atom. The van der Waals surface area contributed by atoms with Gasteiger partial charge in [-0.2, -0.15) is 0 Å². The third-order valence-electron chi connectivity index (χ3n) is 3.41. The Kier molecular flexibility index (Phi) is 3.81. The van der Waals surface area contributed by atoms with Gasteiger partial charge in [-0.1, -0.05) is 6.07 Å². The number of aliphatic hydroxyl groups is 1. The normalized spacial score (nSPS) is 23.7. The number of aliphatic hydroxyl groups excluding tert-OH is 1. The third-order valence-corrected chi connectivity index (χ3v) is 3.41. The van der Waals surface area contributed by atoms with Gasteiger partial charge in [0.05, 0.1) is 11.0 Å². The summed E-state index contributed by atoms with van der Waals surface area (Å²) in [5, 5.41) is 23.6. The molecule has 1 aromatic carbocycles. The maximum absolute atomic E-state index is 11.0. The van der Waals surface area contributed by atoms with E-state index in [1.807, 2.05) is 13.0 Å². The molecule has 1 aliphatic rings. The number of rotatable bonds is 3. The van der Waals surface area contributed by atoms with Gasteiger partial charge in [-0.25, -0.2) is 0 Å². The Balaban J connectivity index is 2.12. The summed E-state index contributed by atoms with van der Waals surface area (Å²) in [5.41, 5.74) is 1.70. The van der Waals surface area contributed by atoms with Crippen molar-refractivity contribution in [1.82, 2.24) is 0 Å². The first-order valence-corrected chi connectivity index (χ1v) is 6.26. The highest BCUT2D eigenvalue weighted by Gasteiger charge is 2.22. The Labute approximate surface area is 106 Å². The van der Waals surface area contributed by atoms with Gasteiger partial charge >= 0.3 is 0 Å². The lowest BCUT2D eigenvalue weighted by Crippen LogP contribution is -2.28. The molecule has 0 saturated heterocycles. The van der Waals surface area contributed by atoms with Crippen molar-refractivity contribution in [3.8, 4) is 0 Å². The minimum absolute atomic E-state index is 0.117. The van der Waals surface area contributed by atoms with Crippen molar-refractivity contribution in [2.24, 2.45) is 0 Å². The summed E-state index contributed by atoms with van der Waals surface area (Å²) >= 11 is 0. The fraction of sp³-hybridized carbons (Fsp3) is 0.538. The number of aryl methyl sites for hydroxylation is 1. The Morgan fingerprint density at radius 3 is 2.61 bits per heavy atom. The highest BCUT2D eigenvalue weighted by atomic mass is 16.6. The SMILES string of the molecule is Cc1ccc([N+](=O)[O-])c(NC2CCC(O)CC2)c1. The molecular formula is C13H18N2O3. The number of nitrogens with one attached hydrogen (secondary N) is 1. The first-order valence-electron chi connectivity index (χ1n) is 6.26. The largest absolute Gasteiger partial charge is 0.393 e. The van der Waals surface area contributed by atoms with Gasteiger partial charge in [0.1, 0.15) is 5.69 Å². The molecule has 18 heavy (non-hydrogen) atoms. The van der Waals surface area contributed by atoms with E-state index in [4.69, 9.17) is 0 Å². The molecule has 0 unspecified atom stereocenters. The summed E-state index contributed by atoms with van der Waals surface area (Å²) in [6.45, 7) is 1.92. The molecule has 5 nitrogen and oxygen atoms in total. The lowest BCUT2D eigenvalue weighted by atomic mass is 9.93. The van der Waals surface area contributed by atoms with Crippen molar-refractivity contribution in [3.05, 3.63) is 33.9 Å². The number of anilines is 1. The number of nitro benzene ring substituents is 1. The summed E-state index contributed by atoms with van der Waals surface area (Å²) in [6, 6.07) is 5.31. The quantitative estimate of drug-likeness (QED) is 0.638. The smallest absolute Gasteiger partial charge is 0.292 e. The summed E-state index contributed by atoms with van der Waals surface area (Å²) in [7, 11) is 0. The molecular weight excluding hydrogens is 232 g/mol. The maximum atomic E-state index is 11.0. The van der Waals surface area contributed by atoms with Crippen LogP contribution in [0.3, 0.4) is 0 Å². The van der Waals surface area contributed by atoms with E-state index in [0.717, 1.165) is 31.2 Å². The highest BCUT2D eigenvalue weighted by Crippen LogP contribution is 2.29. The molecule has 0 atom stereocenters. The molecule has 0 aliphatic heterocycles. The monoisotopic (exact) mass is 250 g/mol. The van der Waals surface area contributed by atoms with Crippen molar-refractivity contribution >= 4 is 11.4 Å². The lowest BCUT2D eigenvalue weighted by Gasteiger charge is -2.26. The maximum Gasteiger partial charge on any atom is 0.292 e. The van der Waals surface area contributed by atoms with Gasteiger partial charge in [-0.15, -0.1) is 0 Å². The molecule has 0 spiro atoms. The van der Waals surface area contributed by atoms with E-state index in [1.165, 1.54) is 6.07 Å². The molecule has 1 saturated carbocycles. The summed E-state index contributed by atoms with van der Waals surface area (Å²) in [4.78, 5) is 10.6. The second kappa shape index (κ2) is 5.35. The van der Waals surface area contributed by atoms with Gasteiger partial charge < -0.3 is 10.4 Å². The molecule has 0 bridgehead atoms. The van der Waals surface area contributed by atoms with Crippen molar-refractivity contribution in [1.29, 1.82) is 0 Å². The number of hydrogen-bond donors (Lipinski definition) is 2. The van der Waals surface area contributed by atoms with Gasteiger partial charge in [0.25, 0.3) is 5.69 Å². The van der Waals surface area contributed by atoms with Crippen LogP contribution in [0.2, 0.25) is 0 Å². The van der Waals surface area contributed by atoms with Crippen molar-refractivity contribution in [2.45, 2.75) is 44.8 Å². The van der Waals surface area contributed by atoms with E-state index >= 15 is 0 Å². The van der Waals surface area contributed by atoms with Crippen LogP contribution in [0.15, 0.2) is 18.2 Å². The van der Waals surface area contributed by atoms with Crippen LogP contribution >= 0.6 is 0 Å². The van der Waals surface area contributed by atoms with E-state index in [1.54, 1.807) is 6.07 Å². The zero-order chi connectivity index (χ0) is 13.1. The second-order valence-corrected chi connectivity index (χ2v) is 4.93. The molecule has 5 heteroatoms. The molecule has 98 valence electrons. The van der Waals surface area contributed by atoms with Crippen molar-refractivity contribution < 1.29 is 10.0 Å². The third kappa shape index (κ3) is 2.98. The van der Waals surface area contributed by atoms with Crippen LogP contribution in [-0.4, -0.2) is 22.2 Å². The zero-order valence-corrected chi connectivity index (χ0v) is 10.4. The molecule has 0 amide bonds. The average molecular weight is 250 g/mol. The van der Waals surface area contributed by atoms with Crippen LogP contribution in [0, 0.1) is 17.0 Å². The van der Waals surface area contributed by atoms with E-state index in [9.17, 15) is 15.2 Å². The van der Waals surface area contributed by atoms with Crippen LogP contribution < -0.4 is 5.32 Å². The van der Waals surface area contributed by atoms with Crippen LogP contribution in [0.25, 0.3) is 0 Å². The standard InChI is InChI=1S/C13H18N2O3/c1-9-2-7-13(15(17)18)12(8-9)14-10-3-5-11(16)6-4-10/h2,7-8,10-11,14,16H,3-6H2,1H3. The summed E-state index contributed by atoms with van der Waals surface area (Å²) in [5.74, 6) is 0. The molecule has 1 aliphatic carbocycles. The molecule has 0 heterocycles. The minimum Gasteiger partial charge on any atom is -0.393 e. The predicted octanol–water partition coefficient (Wildman–Crippen LogP) is 2.62. The van der Waals surface area contributed by atoms with Crippen LogP contribution in [0.4, 0.5) is 11.4 Å². The average Bonchev–Trinajstić information content (AvgIpc) is 2.32. The number of nitro groups is 1. The van der Waals surface area contributed by atoms with Gasteiger partial charge in [-0.05, 0) is 44.2 Å². The fourth-order valence-corrected chi connectivity index (χ4v) is 2.36.